The first kappa shape index (κ1) is 11.0. The van der Waals surface area contributed by atoms with Crippen LogP contribution in [0.15, 0.2) is 0 Å². The van der Waals surface area contributed by atoms with Crippen LogP contribution in [0.3, 0.4) is 0 Å². The zero-order valence-electron chi connectivity index (χ0n) is 9.99. The highest BCUT2D eigenvalue weighted by Crippen LogP contribution is 2.43. The van der Waals surface area contributed by atoms with Gasteiger partial charge in [-0.25, -0.2) is 0 Å². The van der Waals surface area contributed by atoms with Crippen molar-refractivity contribution in [2.75, 3.05) is 6.61 Å². The lowest BCUT2D eigenvalue weighted by Crippen LogP contribution is -2.42. The summed E-state index contributed by atoms with van der Waals surface area (Å²) in [4.78, 5) is 0. The lowest BCUT2D eigenvalue weighted by molar-refractivity contribution is -0.0965. The minimum Gasteiger partial charge on any atom is -0.375 e. The monoisotopic (exact) mass is 225 g/mol. The highest BCUT2D eigenvalue weighted by atomic mass is 16.6. The van der Waals surface area contributed by atoms with Gasteiger partial charge in [-0.1, -0.05) is 12.8 Å². The van der Waals surface area contributed by atoms with E-state index in [1.54, 1.807) is 0 Å². The standard InChI is InChI=1S/C13H23NO2/c14-10-7-12(8-10)15-9-11-3-6-13(16-11)4-1-2-5-13/h10-12H,1-9,14H2. The number of rotatable bonds is 3. The van der Waals surface area contributed by atoms with Crippen molar-refractivity contribution in [3.8, 4) is 0 Å². The Hall–Kier alpha value is -0.120. The molecule has 1 atom stereocenters. The van der Waals surface area contributed by atoms with Gasteiger partial charge in [0.2, 0.25) is 0 Å². The van der Waals surface area contributed by atoms with E-state index in [4.69, 9.17) is 15.2 Å². The molecule has 2 N–H and O–H groups in total. The van der Waals surface area contributed by atoms with Crippen molar-refractivity contribution in [2.45, 2.75) is 75.2 Å². The van der Waals surface area contributed by atoms with Crippen molar-refractivity contribution in [1.82, 2.24) is 0 Å². The summed E-state index contributed by atoms with van der Waals surface area (Å²) in [5.74, 6) is 0. The lowest BCUT2D eigenvalue weighted by atomic mass is 9.90. The van der Waals surface area contributed by atoms with E-state index >= 15 is 0 Å². The number of ether oxygens (including phenoxy) is 2. The molecule has 1 spiro atoms. The average Bonchev–Trinajstić information content (AvgIpc) is 2.83. The Balaban J connectivity index is 1.40. The van der Waals surface area contributed by atoms with Crippen LogP contribution in [0.1, 0.15) is 51.4 Å². The van der Waals surface area contributed by atoms with Crippen LogP contribution in [0.4, 0.5) is 0 Å². The van der Waals surface area contributed by atoms with E-state index in [1.807, 2.05) is 0 Å². The van der Waals surface area contributed by atoms with E-state index in [2.05, 4.69) is 0 Å². The van der Waals surface area contributed by atoms with E-state index in [0.29, 0.717) is 18.2 Å². The number of nitrogens with two attached hydrogens (primary N) is 1. The van der Waals surface area contributed by atoms with E-state index in [-0.39, 0.29) is 5.60 Å². The molecular formula is C13H23NO2. The van der Waals surface area contributed by atoms with Gasteiger partial charge in [0.25, 0.3) is 0 Å². The maximum absolute atomic E-state index is 6.20. The van der Waals surface area contributed by atoms with Crippen LogP contribution in [-0.4, -0.2) is 30.5 Å². The summed E-state index contributed by atoms with van der Waals surface area (Å²) >= 11 is 0. The summed E-state index contributed by atoms with van der Waals surface area (Å²) < 4.78 is 12.0. The second-order valence-corrected chi connectivity index (χ2v) is 5.86. The molecule has 3 heteroatoms. The molecule has 0 bridgehead atoms. The molecular weight excluding hydrogens is 202 g/mol. The average molecular weight is 225 g/mol. The highest BCUT2D eigenvalue weighted by Gasteiger charge is 2.42. The molecule has 1 heterocycles. The van der Waals surface area contributed by atoms with E-state index < -0.39 is 0 Å². The van der Waals surface area contributed by atoms with Crippen LogP contribution in [0.25, 0.3) is 0 Å². The van der Waals surface area contributed by atoms with Crippen LogP contribution < -0.4 is 5.73 Å². The van der Waals surface area contributed by atoms with Gasteiger partial charge in [0.15, 0.2) is 0 Å². The van der Waals surface area contributed by atoms with Crippen molar-refractivity contribution in [2.24, 2.45) is 5.73 Å². The van der Waals surface area contributed by atoms with Crippen LogP contribution >= 0.6 is 0 Å². The number of hydrogen-bond donors (Lipinski definition) is 1. The molecule has 3 rings (SSSR count). The maximum atomic E-state index is 6.20. The second-order valence-electron chi connectivity index (χ2n) is 5.86. The molecule has 3 aliphatic rings. The highest BCUT2D eigenvalue weighted by molar-refractivity contribution is 4.93. The Bertz CT molecular complexity index is 244. The third-order valence-electron chi connectivity index (χ3n) is 4.50. The fourth-order valence-electron chi connectivity index (χ4n) is 3.39. The first-order valence-corrected chi connectivity index (χ1v) is 6.81. The summed E-state index contributed by atoms with van der Waals surface area (Å²) in [5.41, 5.74) is 5.99. The van der Waals surface area contributed by atoms with E-state index in [1.165, 1.54) is 38.5 Å². The third-order valence-corrected chi connectivity index (χ3v) is 4.50. The van der Waals surface area contributed by atoms with Crippen LogP contribution in [0, 0.1) is 0 Å². The summed E-state index contributed by atoms with van der Waals surface area (Å²) in [7, 11) is 0. The predicted molar refractivity (Wildman–Crippen MR) is 62.3 cm³/mol. The predicted octanol–water partition coefficient (Wildman–Crippen LogP) is 1.98. The lowest BCUT2D eigenvalue weighted by Gasteiger charge is -2.33. The molecule has 0 aromatic carbocycles. The fourth-order valence-corrected chi connectivity index (χ4v) is 3.39. The van der Waals surface area contributed by atoms with Crippen molar-refractivity contribution in [3.63, 3.8) is 0 Å². The quantitative estimate of drug-likeness (QED) is 0.799. The normalized spacial score (nSPS) is 41.4. The van der Waals surface area contributed by atoms with Gasteiger partial charge in [-0.3, -0.25) is 0 Å². The van der Waals surface area contributed by atoms with E-state index in [0.717, 1.165) is 19.4 Å². The molecule has 2 aliphatic carbocycles. The molecule has 3 fully saturated rings. The van der Waals surface area contributed by atoms with Crippen molar-refractivity contribution in [3.05, 3.63) is 0 Å². The molecule has 0 amide bonds. The molecule has 16 heavy (non-hydrogen) atoms. The molecule has 2 saturated carbocycles. The van der Waals surface area contributed by atoms with Gasteiger partial charge in [-0.15, -0.1) is 0 Å². The van der Waals surface area contributed by atoms with E-state index in [9.17, 15) is 0 Å². The molecule has 0 aromatic rings. The Labute approximate surface area is 97.7 Å². The zero-order valence-corrected chi connectivity index (χ0v) is 9.99. The van der Waals surface area contributed by atoms with Gasteiger partial charge in [-0.05, 0) is 38.5 Å². The van der Waals surface area contributed by atoms with Gasteiger partial charge in [0, 0.05) is 6.04 Å². The van der Waals surface area contributed by atoms with Crippen LogP contribution in [0.2, 0.25) is 0 Å². The van der Waals surface area contributed by atoms with Gasteiger partial charge in [0.05, 0.1) is 24.4 Å². The Morgan fingerprint density at radius 2 is 1.94 bits per heavy atom. The minimum absolute atomic E-state index is 0.254. The molecule has 1 saturated heterocycles. The van der Waals surface area contributed by atoms with Crippen molar-refractivity contribution in [1.29, 1.82) is 0 Å². The Kier molecular flexibility index (Phi) is 2.94. The van der Waals surface area contributed by atoms with Crippen molar-refractivity contribution >= 4 is 0 Å². The molecule has 0 radical (unpaired) electrons. The van der Waals surface area contributed by atoms with Crippen LogP contribution in [0.5, 0.6) is 0 Å². The van der Waals surface area contributed by atoms with Gasteiger partial charge in [0.1, 0.15) is 0 Å². The topological polar surface area (TPSA) is 44.5 Å². The summed E-state index contributed by atoms with van der Waals surface area (Å²) in [6.07, 6.45) is 10.6. The molecule has 92 valence electrons. The zero-order chi connectivity index (χ0) is 11.0. The second kappa shape index (κ2) is 4.28. The maximum Gasteiger partial charge on any atom is 0.0817 e. The summed E-state index contributed by atoms with van der Waals surface area (Å²) in [6.45, 7) is 0.791. The SMILES string of the molecule is NC1CC(OCC2CCC3(CCCC3)O2)C1. The molecule has 3 nitrogen and oxygen atoms in total. The number of hydrogen-bond acceptors (Lipinski definition) is 3. The molecule has 1 aliphatic heterocycles. The first-order chi connectivity index (χ1) is 7.76. The fraction of sp³-hybridized carbons (Fsp3) is 1.00. The molecule has 1 unspecified atom stereocenters. The largest absolute Gasteiger partial charge is 0.375 e. The minimum atomic E-state index is 0.254. The van der Waals surface area contributed by atoms with Crippen LogP contribution in [-0.2, 0) is 9.47 Å². The Morgan fingerprint density at radius 3 is 2.62 bits per heavy atom. The third kappa shape index (κ3) is 2.13. The van der Waals surface area contributed by atoms with Gasteiger partial charge in [-0.2, -0.15) is 0 Å². The molecule has 0 aromatic heterocycles. The Morgan fingerprint density at radius 1 is 1.19 bits per heavy atom. The summed E-state index contributed by atoms with van der Waals surface area (Å²) in [5, 5.41) is 0. The van der Waals surface area contributed by atoms with Gasteiger partial charge >= 0.3 is 0 Å². The summed E-state index contributed by atoms with van der Waals surface area (Å²) in [6, 6.07) is 0.385. The van der Waals surface area contributed by atoms with Gasteiger partial charge < -0.3 is 15.2 Å². The first-order valence-electron chi connectivity index (χ1n) is 6.81. The smallest absolute Gasteiger partial charge is 0.0817 e. The van der Waals surface area contributed by atoms with Crippen molar-refractivity contribution < 1.29 is 9.47 Å².